The molecule has 0 spiro atoms. The Morgan fingerprint density at radius 2 is 1.21 bits per heavy atom. The van der Waals surface area contributed by atoms with Crippen LogP contribution in [0.25, 0.3) is 0 Å². The topological polar surface area (TPSA) is 157 Å². The third-order valence-electron chi connectivity index (χ3n) is 7.20. The Morgan fingerprint density at radius 1 is 0.711 bits per heavy atom. The Bertz CT molecular complexity index is 665. The van der Waals surface area contributed by atoms with Gasteiger partial charge in [-0.05, 0) is 45.3 Å². The van der Waals surface area contributed by atoms with E-state index in [2.05, 4.69) is 11.8 Å². The first-order valence-electron chi connectivity index (χ1n) is 14.8. The number of hydrogen-bond donors (Lipinski definition) is 5. The minimum Gasteiger partial charge on any atom is -0.394 e. The van der Waals surface area contributed by atoms with Gasteiger partial charge in [-0.3, -0.25) is 4.55 Å². The van der Waals surface area contributed by atoms with Crippen molar-refractivity contribution in [3.8, 4) is 0 Å². The van der Waals surface area contributed by atoms with Gasteiger partial charge >= 0.3 is 0 Å². The lowest BCUT2D eigenvalue weighted by Gasteiger charge is -2.39. The molecule has 1 heterocycles. The van der Waals surface area contributed by atoms with Gasteiger partial charge in [-0.1, -0.05) is 77.6 Å². The number of unbranched alkanes of at least 4 members (excludes halogenated alkanes) is 12. The monoisotopic (exact) mass is 569 g/mol. The largest absolute Gasteiger partial charge is 0.394 e. The van der Waals surface area contributed by atoms with Gasteiger partial charge in [-0.25, -0.2) is 0 Å². The normalized spacial score (nSPS) is 24.3. The zero-order chi connectivity index (χ0) is 28.2. The summed E-state index contributed by atoms with van der Waals surface area (Å²) >= 11 is 0. The van der Waals surface area contributed by atoms with Crippen molar-refractivity contribution in [2.75, 3.05) is 38.6 Å². The van der Waals surface area contributed by atoms with Crippen LogP contribution in [0.15, 0.2) is 0 Å². The van der Waals surface area contributed by atoms with Gasteiger partial charge in [-0.15, -0.1) is 0 Å². The lowest BCUT2D eigenvalue weighted by molar-refractivity contribution is -0.301. The van der Waals surface area contributed by atoms with E-state index in [0.717, 1.165) is 32.4 Å². The fraction of sp³-hybridized carbons (Fsp3) is 1.00. The van der Waals surface area contributed by atoms with Crippen molar-refractivity contribution in [3.05, 3.63) is 0 Å². The van der Waals surface area contributed by atoms with E-state index in [1.165, 1.54) is 64.2 Å². The lowest BCUT2D eigenvalue weighted by atomic mass is 9.99. The second-order valence-electron chi connectivity index (χ2n) is 10.6. The van der Waals surface area contributed by atoms with Crippen LogP contribution in [0.3, 0.4) is 0 Å². The van der Waals surface area contributed by atoms with Gasteiger partial charge in [0.05, 0.1) is 12.4 Å². The fourth-order valence-corrected chi connectivity index (χ4v) is 5.32. The summed E-state index contributed by atoms with van der Waals surface area (Å²) in [5.74, 6) is -0.248. The second-order valence-corrected chi connectivity index (χ2v) is 12.2. The summed E-state index contributed by atoms with van der Waals surface area (Å²) < 4.78 is 42.1. The summed E-state index contributed by atoms with van der Waals surface area (Å²) in [7, 11) is -3.97. The zero-order valence-electron chi connectivity index (χ0n) is 23.5. The molecule has 0 aromatic carbocycles. The molecule has 0 amide bonds. The van der Waals surface area contributed by atoms with E-state index in [1.807, 2.05) is 0 Å². The van der Waals surface area contributed by atoms with Gasteiger partial charge in [0, 0.05) is 6.61 Å². The third kappa shape index (κ3) is 16.7. The van der Waals surface area contributed by atoms with Gasteiger partial charge in [0.15, 0.2) is 6.29 Å². The molecule has 11 heteroatoms. The van der Waals surface area contributed by atoms with Crippen molar-refractivity contribution in [1.29, 1.82) is 0 Å². The number of nitrogens with zero attached hydrogens (tertiary/aromatic N) is 1. The zero-order valence-corrected chi connectivity index (χ0v) is 24.3. The highest BCUT2D eigenvalue weighted by Crippen LogP contribution is 2.22. The SMILES string of the molecule is CCCCCCCCCCCCCCN(CCCCO[C@@H]1O[C@H](CO)[C@@H](O)[C@H](O)[C@H]1O)CCCS(=O)(=O)O. The summed E-state index contributed by atoms with van der Waals surface area (Å²) in [4.78, 5) is 2.22. The molecule has 1 fully saturated rings. The summed E-state index contributed by atoms with van der Waals surface area (Å²) in [5.41, 5.74) is 0. The number of rotatable bonds is 24. The highest BCUT2D eigenvalue weighted by molar-refractivity contribution is 7.85. The van der Waals surface area contributed by atoms with Gasteiger partial charge < -0.3 is 34.8 Å². The predicted molar refractivity (Wildman–Crippen MR) is 148 cm³/mol. The highest BCUT2D eigenvalue weighted by Gasteiger charge is 2.43. The Hall–Kier alpha value is -0.370. The van der Waals surface area contributed by atoms with Crippen LogP contribution in [0.1, 0.15) is 103 Å². The Morgan fingerprint density at radius 3 is 1.74 bits per heavy atom. The molecule has 10 nitrogen and oxygen atoms in total. The summed E-state index contributed by atoms with van der Waals surface area (Å²) in [6.07, 6.45) is 10.7. The first-order valence-corrected chi connectivity index (χ1v) is 16.4. The minimum atomic E-state index is -3.97. The van der Waals surface area contributed by atoms with Crippen molar-refractivity contribution >= 4 is 10.1 Å². The van der Waals surface area contributed by atoms with E-state index in [0.29, 0.717) is 19.4 Å². The Balaban J connectivity index is 2.24. The van der Waals surface area contributed by atoms with Crippen LogP contribution in [0.2, 0.25) is 0 Å². The van der Waals surface area contributed by atoms with Crippen LogP contribution >= 0.6 is 0 Å². The maximum Gasteiger partial charge on any atom is 0.264 e. The average molecular weight is 570 g/mol. The first kappa shape index (κ1) is 35.7. The first-order chi connectivity index (χ1) is 18.2. The highest BCUT2D eigenvalue weighted by atomic mass is 32.2. The average Bonchev–Trinajstić information content (AvgIpc) is 2.87. The molecule has 5 N–H and O–H groups in total. The minimum absolute atomic E-state index is 0.248. The van der Waals surface area contributed by atoms with Crippen molar-refractivity contribution in [2.45, 2.75) is 134 Å². The molecule has 0 aromatic rings. The van der Waals surface area contributed by atoms with Gasteiger partial charge in [0.2, 0.25) is 0 Å². The molecule has 1 aliphatic heterocycles. The predicted octanol–water partition coefficient (Wildman–Crippen LogP) is 2.86. The van der Waals surface area contributed by atoms with Crippen LogP contribution in [-0.4, -0.2) is 108 Å². The number of aliphatic hydroxyl groups excluding tert-OH is 4. The lowest BCUT2D eigenvalue weighted by Crippen LogP contribution is -2.59. The van der Waals surface area contributed by atoms with Gasteiger partial charge in [0.25, 0.3) is 10.1 Å². The fourth-order valence-electron chi connectivity index (χ4n) is 4.82. The van der Waals surface area contributed by atoms with Gasteiger partial charge in [0.1, 0.15) is 24.4 Å². The smallest absolute Gasteiger partial charge is 0.264 e. The molecule has 0 bridgehead atoms. The number of hydrogen-bond acceptors (Lipinski definition) is 9. The molecule has 0 radical (unpaired) electrons. The molecule has 0 unspecified atom stereocenters. The van der Waals surface area contributed by atoms with E-state index in [9.17, 15) is 28.8 Å². The molecule has 5 atom stereocenters. The second kappa shape index (κ2) is 21.4. The molecule has 1 saturated heterocycles. The van der Waals surface area contributed by atoms with Crippen LogP contribution in [0.4, 0.5) is 0 Å². The van der Waals surface area contributed by atoms with Crippen LogP contribution in [-0.2, 0) is 19.6 Å². The molecule has 228 valence electrons. The van der Waals surface area contributed by atoms with Crippen molar-refractivity contribution < 1.29 is 42.9 Å². The van der Waals surface area contributed by atoms with Crippen LogP contribution in [0.5, 0.6) is 0 Å². The van der Waals surface area contributed by atoms with Crippen LogP contribution in [0, 0.1) is 0 Å². The maximum absolute atomic E-state index is 11.1. The maximum atomic E-state index is 11.1. The Labute approximate surface area is 230 Å². The molecule has 1 aliphatic rings. The van der Waals surface area contributed by atoms with E-state index < -0.39 is 47.4 Å². The Kier molecular flexibility index (Phi) is 20.1. The van der Waals surface area contributed by atoms with E-state index >= 15 is 0 Å². The molecular weight excluding hydrogens is 514 g/mol. The van der Waals surface area contributed by atoms with Crippen LogP contribution < -0.4 is 0 Å². The third-order valence-corrected chi connectivity index (χ3v) is 8.01. The standard InChI is InChI=1S/C27H55NO9S/c1-2-3-4-5-6-7-8-9-10-11-12-13-17-28(19-16-21-38(33,34)35)18-14-15-20-36-27-26(32)25(31)24(30)23(22-29)37-27/h23-27,29-32H,2-22H2,1H3,(H,33,34,35)/t23-,24-,25+,26-,27-/m1/s1. The van der Waals surface area contributed by atoms with E-state index in [-0.39, 0.29) is 12.4 Å². The van der Waals surface area contributed by atoms with E-state index in [4.69, 9.17) is 14.0 Å². The summed E-state index contributed by atoms with van der Waals surface area (Å²) in [6, 6.07) is 0. The summed E-state index contributed by atoms with van der Waals surface area (Å²) in [6.45, 7) is 4.22. The van der Waals surface area contributed by atoms with Crippen molar-refractivity contribution in [1.82, 2.24) is 4.90 Å². The molecule has 0 saturated carbocycles. The molecule has 0 aliphatic carbocycles. The van der Waals surface area contributed by atoms with Crippen molar-refractivity contribution in [3.63, 3.8) is 0 Å². The quantitative estimate of drug-likeness (QED) is 0.0865. The molecular formula is C27H55NO9S. The van der Waals surface area contributed by atoms with Gasteiger partial charge in [-0.2, -0.15) is 8.42 Å². The molecule has 38 heavy (non-hydrogen) atoms. The molecule has 1 rings (SSSR count). The van der Waals surface area contributed by atoms with E-state index in [1.54, 1.807) is 0 Å². The summed E-state index contributed by atoms with van der Waals surface area (Å²) in [5, 5.41) is 39.0. The van der Waals surface area contributed by atoms with Crippen molar-refractivity contribution in [2.24, 2.45) is 0 Å². The molecule has 0 aromatic heterocycles. The number of aliphatic hydroxyl groups is 4. The number of ether oxygens (including phenoxy) is 2.